The molecule has 37 heavy (non-hydrogen) atoms. The van der Waals surface area contributed by atoms with Crippen LogP contribution in [0.2, 0.25) is 0 Å². The minimum Gasteiger partial charge on any atom is -0.342 e. The molecule has 7 heteroatoms. The fraction of sp³-hybridized carbons (Fsp3) is 0.300. The van der Waals surface area contributed by atoms with Crippen molar-refractivity contribution in [3.05, 3.63) is 94.8 Å². The number of carbonyl (C=O) groups is 3. The molecule has 1 atom stereocenters. The Morgan fingerprint density at radius 2 is 1.73 bits per heavy atom. The molecule has 0 aliphatic carbocycles. The molecule has 0 aromatic heterocycles. The van der Waals surface area contributed by atoms with Gasteiger partial charge in [0.25, 0.3) is 11.8 Å². The second kappa shape index (κ2) is 9.81. The number of nitrogens with one attached hydrogen (secondary N) is 1. The summed E-state index contributed by atoms with van der Waals surface area (Å²) < 4.78 is 13.6. The Morgan fingerprint density at radius 1 is 1.00 bits per heavy atom. The van der Waals surface area contributed by atoms with Gasteiger partial charge in [-0.3, -0.25) is 14.4 Å². The first-order valence-electron chi connectivity index (χ1n) is 12.7. The van der Waals surface area contributed by atoms with Gasteiger partial charge >= 0.3 is 0 Å². The summed E-state index contributed by atoms with van der Waals surface area (Å²) >= 11 is 0. The summed E-state index contributed by atoms with van der Waals surface area (Å²) in [5, 5.41) is 2.77. The van der Waals surface area contributed by atoms with Crippen molar-refractivity contribution in [1.82, 2.24) is 4.90 Å². The second-order valence-electron chi connectivity index (χ2n) is 9.92. The van der Waals surface area contributed by atoms with Crippen molar-refractivity contribution in [1.29, 1.82) is 0 Å². The molecule has 3 aromatic carbocycles. The largest absolute Gasteiger partial charge is 0.342 e. The van der Waals surface area contributed by atoms with Gasteiger partial charge in [-0.05, 0) is 86.7 Å². The lowest BCUT2D eigenvalue weighted by Gasteiger charge is -2.26. The van der Waals surface area contributed by atoms with E-state index in [4.69, 9.17) is 0 Å². The van der Waals surface area contributed by atoms with Gasteiger partial charge in [-0.25, -0.2) is 4.39 Å². The van der Waals surface area contributed by atoms with Crippen LogP contribution in [0, 0.1) is 18.2 Å². The average Bonchev–Trinajstić information content (AvgIpc) is 3.10. The number of para-hydroxylation sites is 1. The van der Waals surface area contributed by atoms with Crippen LogP contribution in [0.4, 0.5) is 15.8 Å². The number of benzene rings is 3. The van der Waals surface area contributed by atoms with E-state index in [1.165, 1.54) is 12.1 Å². The van der Waals surface area contributed by atoms with E-state index in [-0.39, 0.29) is 17.4 Å². The molecule has 5 rings (SSSR count). The van der Waals surface area contributed by atoms with Crippen LogP contribution < -0.4 is 10.2 Å². The summed E-state index contributed by atoms with van der Waals surface area (Å²) in [5.74, 6) is -0.850. The van der Waals surface area contributed by atoms with Crippen LogP contribution in [0.5, 0.6) is 0 Å². The Bertz CT molecular complexity index is 1370. The number of halogens is 1. The molecule has 190 valence electrons. The monoisotopic (exact) mass is 499 g/mol. The third-order valence-corrected chi connectivity index (χ3v) is 7.69. The number of hydrogen-bond acceptors (Lipinski definition) is 3. The van der Waals surface area contributed by atoms with Crippen LogP contribution in [-0.2, 0) is 11.2 Å². The Labute approximate surface area is 216 Å². The molecule has 0 bridgehead atoms. The molecule has 1 fully saturated rings. The Kier molecular flexibility index (Phi) is 6.54. The first-order chi connectivity index (χ1) is 17.8. The zero-order chi connectivity index (χ0) is 26.2. The number of carbonyl (C=O) groups excluding carboxylic acids is 3. The molecule has 2 heterocycles. The summed E-state index contributed by atoms with van der Waals surface area (Å²) in [6.45, 7) is 5.66. The van der Waals surface area contributed by atoms with E-state index in [9.17, 15) is 18.8 Å². The third-order valence-electron chi connectivity index (χ3n) is 7.69. The SMILES string of the molecule is CCN1CCC2(CCN(C(=O)c3ccc(NC(=O)c4cc(F)ccc4C)cc3)c3ccccc3C2)C1=O. The first kappa shape index (κ1) is 24.7. The van der Waals surface area contributed by atoms with Crippen LogP contribution in [0.1, 0.15) is 51.6 Å². The number of likely N-dealkylation sites (tertiary alicyclic amines) is 1. The van der Waals surface area contributed by atoms with Gasteiger partial charge in [0.15, 0.2) is 0 Å². The average molecular weight is 500 g/mol. The molecular weight excluding hydrogens is 469 g/mol. The normalized spacial score (nSPS) is 19.1. The molecule has 2 aliphatic heterocycles. The molecule has 3 amide bonds. The van der Waals surface area contributed by atoms with Crippen molar-refractivity contribution in [2.24, 2.45) is 5.41 Å². The number of rotatable bonds is 4. The fourth-order valence-electron chi connectivity index (χ4n) is 5.51. The van der Waals surface area contributed by atoms with E-state index < -0.39 is 17.1 Å². The summed E-state index contributed by atoms with van der Waals surface area (Å²) in [5.41, 5.74) is 3.31. The van der Waals surface area contributed by atoms with E-state index in [0.29, 0.717) is 42.7 Å². The molecule has 0 radical (unpaired) electrons. The van der Waals surface area contributed by atoms with Crippen LogP contribution in [-0.4, -0.2) is 42.3 Å². The smallest absolute Gasteiger partial charge is 0.258 e. The lowest BCUT2D eigenvalue weighted by molar-refractivity contribution is -0.136. The van der Waals surface area contributed by atoms with Crippen LogP contribution >= 0.6 is 0 Å². The van der Waals surface area contributed by atoms with Crippen molar-refractivity contribution in [3.63, 3.8) is 0 Å². The molecule has 6 nitrogen and oxygen atoms in total. The number of anilines is 2. The maximum atomic E-state index is 13.7. The minimum absolute atomic E-state index is 0.152. The molecule has 1 N–H and O–H groups in total. The highest BCUT2D eigenvalue weighted by Gasteiger charge is 2.48. The molecule has 1 unspecified atom stereocenters. The van der Waals surface area contributed by atoms with Gasteiger partial charge in [-0.2, -0.15) is 0 Å². The van der Waals surface area contributed by atoms with Crippen LogP contribution in [0.25, 0.3) is 0 Å². The third kappa shape index (κ3) is 4.61. The molecule has 1 saturated heterocycles. The van der Waals surface area contributed by atoms with Gasteiger partial charge in [-0.15, -0.1) is 0 Å². The van der Waals surface area contributed by atoms with E-state index in [2.05, 4.69) is 5.32 Å². The number of nitrogens with zero attached hydrogens (tertiary/aromatic N) is 2. The molecular formula is C30H30FN3O3. The lowest BCUT2D eigenvalue weighted by Crippen LogP contribution is -2.38. The van der Waals surface area contributed by atoms with Crippen LogP contribution in [0.15, 0.2) is 66.7 Å². The lowest BCUT2D eigenvalue weighted by atomic mass is 9.78. The maximum Gasteiger partial charge on any atom is 0.258 e. The summed E-state index contributed by atoms with van der Waals surface area (Å²) in [7, 11) is 0. The highest BCUT2D eigenvalue weighted by molar-refractivity contribution is 6.08. The standard InChI is InChI=1S/C30H30FN3O3/c1-3-33-16-14-30(29(33)37)15-17-34(26-7-5-4-6-22(26)19-30)28(36)21-9-12-24(13-10-21)32-27(35)25-18-23(31)11-8-20(25)2/h4-13,18H,3,14-17,19H2,1-2H3,(H,32,35). The number of aryl methyl sites for hydroxylation is 1. The van der Waals surface area contributed by atoms with Crippen molar-refractivity contribution < 1.29 is 18.8 Å². The zero-order valence-electron chi connectivity index (χ0n) is 21.1. The van der Waals surface area contributed by atoms with Gasteiger partial charge in [0.1, 0.15) is 5.82 Å². The molecule has 0 saturated carbocycles. The minimum atomic E-state index is -0.474. The Hall–Kier alpha value is -4.00. The predicted molar refractivity (Wildman–Crippen MR) is 141 cm³/mol. The highest BCUT2D eigenvalue weighted by Crippen LogP contribution is 2.43. The fourth-order valence-corrected chi connectivity index (χ4v) is 5.51. The summed E-state index contributed by atoms with van der Waals surface area (Å²) in [4.78, 5) is 43.2. The second-order valence-corrected chi connectivity index (χ2v) is 9.92. The van der Waals surface area contributed by atoms with Gasteiger partial charge in [0, 0.05) is 42.1 Å². The Balaban J connectivity index is 1.36. The molecule has 2 aliphatic rings. The van der Waals surface area contributed by atoms with Crippen LogP contribution in [0.3, 0.4) is 0 Å². The summed E-state index contributed by atoms with van der Waals surface area (Å²) in [6, 6.07) is 18.6. The topological polar surface area (TPSA) is 69.7 Å². The van der Waals surface area contributed by atoms with Gasteiger partial charge in [-0.1, -0.05) is 24.3 Å². The molecule has 3 aromatic rings. The predicted octanol–water partition coefficient (Wildman–Crippen LogP) is 5.22. The first-order valence-corrected chi connectivity index (χ1v) is 12.7. The van der Waals surface area contributed by atoms with E-state index in [1.54, 1.807) is 42.2 Å². The van der Waals surface area contributed by atoms with Crippen molar-refractivity contribution in [3.8, 4) is 0 Å². The van der Waals surface area contributed by atoms with E-state index in [1.807, 2.05) is 36.1 Å². The quantitative estimate of drug-likeness (QED) is 0.535. The van der Waals surface area contributed by atoms with E-state index >= 15 is 0 Å². The Morgan fingerprint density at radius 3 is 2.46 bits per heavy atom. The zero-order valence-corrected chi connectivity index (χ0v) is 21.1. The number of hydrogen-bond donors (Lipinski definition) is 1. The van der Waals surface area contributed by atoms with Gasteiger partial charge < -0.3 is 15.1 Å². The highest BCUT2D eigenvalue weighted by atomic mass is 19.1. The van der Waals surface area contributed by atoms with Crippen molar-refractivity contribution in [2.45, 2.75) is 33.1 Å². The van der Waals surface area contributed by atoms with Gasteiger partial charge in [0.2, 0.25) is 5.91 Å². The summed E-state index contributed by atoms with van der Waals surface area (Å²) in [6.07, 6.45) is 2.05. The van der Waals surface area contributed by atoms with Crippen molar-refractivity contribution in [2.75, 3.05) is 29.9 Å². The molecule has 1 spiro atoms. The number of amides is 3. The van der Waals surface area contributed by atoms with Crippen molar-refractivity contribution >= 4 is 29.1 Å². The number of fused-ring (bicyclic) bond motifs is 1. The van der Waals surface area contributed by atoms with Gasteiger partial charge in [0.05, 0.1) is 5.41 Å². The van der Waals surface area contributed by atoms with E-state index in [0.717, 1.165) is 24.2 Å². The maximum absolute atomic E-state index is 13.7.